The summed E-state index contributed by atoms with van der Waals surface area (Å²) in [5.41, 5.74) is 0.913. The van der Waals surface area contributed by atoms with Crippen molar-refractivity contribution in [3.05, 3.63) is 40.1 Å². The van der Waals surface area contributed by atoms with Gasteiger partial charge in [-0.2, -0.15) is 0 Å². The van der Waals surface area contributed by atoms with Gasteiger partial charge in [-0.05, 0) is 35.3 Å². The molecule has 1 N–H and O–H groups in total. The maximum atomic E-state index is 13.8. The van der Waals surface area contributed by atoms with Gasteiger partial charge in [-0.3, -0.25) is 0 Å². The Morgan fingerprint density at radius 2 is 2.05 bits per heavy atom. The molecular formula is C14H16BrF2N3. The minimum absolute atomic E-state index is 0.0778. The highest BCUT2D eigenvalue weighted by Gasteiger charge is 2.12. The van der Waals surface area contributed by atoms with Gasteiger partial charge in [0, 0.05) is 18.8 Å². The van der Waals surface area contributed by atoms with Crippen LogP contribution < -0.4 is 5.32 Å². The topological polar surface area (TPSA) is 29.9 Å². The van der Waals surface area contributed by atoms with E-state index in [9.17, 15) is 8.78 Å². The number of halogens is 3. The number of aryl methyl sites for hydroxylation is 2. The molecule has 20 heavy (non-hydrogen) atoms. The lowest BCUT2D eigenvalue weighted by molar-refractivity contribution is 0.596. The van der Waals surface area contributed by atoms with Gasteiger partial charge in [0.1, 0.15) is 11.6 Å². The first-order valence-electron chi connectivity index (χ1n) is 6.46. The van der Waals surface area contributed by atoms with Crippen molar-refractivity contribution in [1.29, 1.82) is 0 Å². The van der Waals surface area contributed by atoms with Crippen LogP contribution >= 0.6 is 15.9 Å². The van der Waals surface area contributed by atoms with E-state index in [0.29, 0.717) is 5.95 Å². The van der Waals surface area contributed by atoms with Gasteiger partial charge < -0.3 is 9.88 Å². The molecule has 1 heterocycles. The average Bonchev–Trinajstić information content (AvgIpc) is 2.73. The van der Waals surface area contributed by atoms with Crippen LogP contribution in [0.3, 0.4) is 0 Å². The van der Waals surface area contributed by atoms with Crippen molar-refractivity contribution in [1.82, 2.24) is 9.55 Å². The Morgan fingerprint density at radius 3 is 2.75 bits per heavy atom. The summed E-state index contributed by atoms with van der Waals surface area (Å²) in [4.78, 5) is 4.30. The lowest BCUT2D eigenvalue weighted by atomic mass is 10.3. The first kappa shape index (κ1) is 15.0. The lowest BCUT2D eigenvalue weighted by Crippen LogP contribution is -2.05. The molecule has 0 saturated carbocycles. The van der Waals surface area contributed by atoms with Gasteiger partial charge in [-0.15, -0.1) is 0 Å². The van der Waals surface area contributed by atoms with Gasteiger partial charge in [0.2, 0.25) is 5.95 Å². The quantitative estimate of drug-likeness (QED) is 0.792. The molecule has 0 saturated heterocycles. The van der Waals surface area contributed by atoms with E-state index in [1.165, 1.54) is 0 Å². The normalized spacial score (nSPS) is 10.8. The van der Waals surface area contributed by atoms with E-state index in [1.54, 1.807) is 0 Å². The van der Waals surface area contributed by atoms with Crippen molar-refractivity contribution in [2.75, 3.05) is 5.32 Å². The van der Waals surface area contributed by atoms with Crippen LogP contribution in [0, 0.1) is 18.6 Å². The summed E-state index contributed by atoms with van der Waals surface area (Å²) in [6, 6.07) is 2.22. The molecule has 0 bridgehead atoms. The zero-order chi connectivity index (χ0) is 14.7. The molecule has 6 heteroatoms. The van der Waals surface area contributed by atoms with Crippen LogP contribution in [0.2, 0.25) is 0 Å². The third-order valence-corrected chi connectivity index (χ3v) is 3.51. The SMILES string of the molecule is CCCCn1cc(C)nc1Nc1cc(F)c(Br)cc1F. The van der Waals surface area contributed by atoms with Crippen LogP contribution in [0.15, 0.2) is 22.8 Å². The first-order valence-corrected chi connectivity index (χ1v) is 7.26. The second-order valence-corrected chi connectivity index (χ2v) is 5.48. The summed E-state index contributed by atoms with van der Waals surface area (Å²) in [5.74, 6) is -0.519. The summed E-state index contributed by atoms with van der Waals surface area (Å²) >= 11 is 2.95. The highest BCUT2D eigenvalue weighted by Crippen LogP contribution is 2.26. The highest BCUT2D eigenvalue weighted by molar-refractivity contribution is 9.10. The lowest BCUT2D eigenvalue weighted by Gasteiger charge is -2.10. The highest BCUT2D eigenvalue weighted by atomic mass is 79.9. The molecule has 108 valence electrons. The molecule has 0 aliphatic heterocycles. The van der Waals surface area contributed by atoms with Gasteiger partial charge >= 0.3 is 0 Å². The maximum Gasteiger partial charge on any atom is 0.207 e. The zero-order valence-electron chi connectivity index (χ0n) is 11.4. The summed E-state index contributed by atoms with van der Waals surface area (Å²) in [7, 11) is 0. The average molecular weight is 344 g/mol. The number of benzene rings is 1. The summed E-state index contributed by atoms with van der Waals surface area (Å²) < 4.78 is 29.3. The molecule has 0 aliphatic carbocycles. The second kappa shape index (κ2) is 6.35. The Balaban J connectivity index is 2.27. The molecule has 1 aromatic carbocycles. The fourth-order valence-electron chi connectivity index (χ4n) is 1.88. The Labute approximate surface area is 125 Å². The molecule has 0 fully saturated rings. The molecule has 0 amide bonds. The van der Waals surface area contributed by atoms with Gasteiger partial charge in [0.25, 0.3) is 0 Å². The number of imidazole rings is 1. The van der Waals surface area contributed by atoms with Crippen LogP contribution in [0.5, 0.6) is 0 Å². The van der Waals surface area contributed by atoms with Crippen LogP contribution in [0.25, 0.3) is 0 Å². The first-order chi connectivity index (χ1) is 9.51. The fraction of sp³-hybridized carbons (Fsp3) is 0.357. The van der Waals surface area contributed by atoms with Gasteiger partial charge in [-0.25, -0.2) is 13.8 Å². The number of nitrogens with zero attached hydrogens (tertiary/aromatic N) is 2. The summed E-state index contributed by atoms with van der Waals surface area (Å²) in [6.07, 6.45) is 3.95. The van der Waals surface area contributed by atoms with Crippen molar-refractivity contribution >= 4 is 27.6 Å². The molecule has 3 nitrogen and oxygen atoms in total. The van der Waals surface area contributed by atoms with Crippen molar-refractivity contribution in [3.63, 3.8) is 0 Å². The van der Waals surface area contributed by atoms with E-state index in [0.717, 1.165) is 37.2 Å². The van der Waals surface area contributed by atoms with Gasteiger partial charge in [-0.1, -0.05) is 13.3 Å². The third kappa shape index (κ3) is 3.36. The smallest absolute Gasteiger partial charge is 0.207 e. The minimum Gasteiger partial charge on any atom is -0.323 e. The predicted octanol–water partition coefficient (Wildman–Crippen LogP) is 4.78. The number of aromatic nitrogens is 2. The second-order valence-electron chi connectivity index (χ2n) is 4.62. The molecule has 1 aromatic heterocycles. The maximum absolute atomic E-state index is 13.8. The fourth-order valence-corrected chi connectivity index (χ4v) is 2.20. The molecule has 2 rings (SSSR count). The molecule has 0 radical (unpaired) electrons. The van der Waals surface area contributed by atoms with Crippen molar-refractivity contribution in [3.8, 4) is 0 Å². The van der Waals surface area contributed by atoms with Crippen molar-refractivity contribution in [2.45, 2.75) is 33.2 Å². The van der Waals surface area contributed by atoms with E-state index in [1.807, 2.05) is 17.7 Å². The van der Waals surface area contributed by atoms with E-state index < -0.39 is 11.6 Å². The Morgan fingerprint density at radius 1 is 1.30 bits per heavy atom. The Bertz CT molecular complexity index is 611. The standard InChI is InChI=1S/C14H16BrF2N3/c1-3-4-5-20-8-9(2)18-14(20)19-13-7-11(16)10(15)6-12(13)17/h6-8H,3-5H2,1-2H3,(H,18,19). The monoisotopic (exact) mass is 343 g/mol. The van der Waals surface area contributed by atoms with Gasteiger partial charge in [0.05, 0.1) is 15.9 Å². The molecule has 0 atom stereocenters. The molecule has 0 spiro atoms. The van der Waals surface area contributed by atoms with Crippen LogP contribution in [0.1, 0.15) is 25.5 Å². The van der Waals surface area contributed by atoms with Crippen LogP contribution in [-0.2, 0) is 6.54 Å². The number of hydrogen-bond acceptors (Lipinski definition) is 2. The van der Waals surface area contributed by atoms with Crippen LogP contribution in [0.4, 0.5) is 20.4 Å². The van der Waals surface area contributed by atoms with E-state index in [4.69, 9.17) is 0 Å². The number of unbranched alkanes of at least 4 members (excludes halogenated alkanes) is 1. The molecule has 0 unspecified atom stereocenters. The Kier molecular flexibility index (Phi) is 4.75. The van der Waals surface area contributed by atoms with Gasteiger partial charge in [0.15, 0.2) is 0 Å². The zero-order valence-corrected chi connectivity index (χ0v) is 13.0. The number of anilines is 2. The number of nitrogens with one attached hydrogen (secondary N) is 1. The summed E-state index contributed by atoms with van der Waals surface area (Å²) in [6.45, 7) is 4.76. The van der Waals surface area contributed by atoms with Crippen molar-refractivity contribution < 1.29 is 8.78 Å². The molecular weight excluding hydrogens is 328 g/mol. The molecule has 2 aromatic rings. The predicted molar refractivity (Wildman–Crippen MR) is 79.2 cm³/mol. The number of hydrogen-bond donors (Lipinski definition) is 1. The largest absolute Gasteiger partial charge is 0.323 e. The van der Waals surface area contributed by atoms with E-state index >= 15 is 0 Å². The number of rotatable bonds is 5. The third-order valence-electron chi connectivity index (χ3n) is 2.91. The Hall–Kier alpha value is -1.43. The van der Waals surface area contributed by atoms with Crippen molar-refractivity contribution in [2.24, 2.45) is 0 Å². The van der Waals surface area contributed by atoms with E-state index in [2.05, 4.69) is 33.2 Å². The van der Waals surface area contributed by atoms with Crippen LogP contribution in [-0.4, -0.2) is 9.55 Å². The summed E-state index contributed by atoms with van der Waals surface area (Å²) in [5, 5.41) is 2.85. The van der Waals surface area contributed by atoms with E-state index in [-0.39, 0.29) is 10.2 Å². The minimum atomic E-state index is -0.527. The molecule has 0 aliphatic rings.